The van der Waals surface area contributed by atoms with E-state index in [1.165, 1.54) is 0 Å². The van der Waals surface area contributed by atoms with E-state index in [1.807, 2.05) is 10.7 Å². The molecule has 0 saturated heterocycles. The smallest absolute Gasteiger partial charge is 0.154 e. The van der Waals surface area contributed by atoms with Gasteiger partial charge in [-0.3, -0.25) is 0 Å². The first-order valence-electron chi connectivity index (χ1n) is 7.26. The molecule has 2 aromatic rings. The van der Waals surface area contributed by atoms with Crippen LogP contribution in [0.1, 0.15) is 45.7 Å². The van der Waals surface area contributed by atoms with Crippen LogP contribution in [0.25, 0.3) is 5.52 Å². The number of anilines is 1. The average Bonchev–Trinajstić information content (AvgIpc) is 2.83. The molecule has 2 heterocycles. The van der Waals surface area contributed by atoms with E-state index < -0.39 is 0 Å². The van der Waals surface area contributed by atoms with Crippen LogP contribution in [-0.4, -0.2) is 38.9 Å². The highest BCUT2D eigenvalue weighted by Gasteiger charge is 2.17. The van der Waals surface area contributed by atoms with Crippen molar-refractivity contribution in [3.63, 3.8) is 0 Å². The molecule has 0 unspecified atom stereocenters. The Hall–Kier alpha value is -1.62. The van der Waals surface area contributed by atoms with E-state index in [-0.39, 0.29) is 6.61 Å². The molecule has 0 saturated carbocycles. The maximum Gasteiger partial charge on any atom is 0.154 e. The lowest BCUT2D eigenvalue weighted by Gasteiger charge is -2.28. The number of aliphatic hydroxyl groups excluding tert-OH is 1. The van der Waals surface area contributed by atoms with Gasteiger partial charge < -0.3 is 10.0 Å². The van der Waals surface area contributed by atoms with Gasteiger partial charge >= 0.3 is 0 Å². The van der Waals surface area contributed by atoms with Crippen LogP contribution in [0.5, 0.6) is 0 Å². The van der Waals surface area contributed by atoms with E-state index in [1.54, 1.807) is 6.20 Å². The predicted octanol–water partition coefficient (Wildman–Crippen LogP) is 2.45. The van der Waals surface area contributed by atoms with E-state index in [9.17, 15) is 0 Å². The lowest BCUT2D eigenvalue weighted by molar-refractivity contribution is 0.288. The molecule has 5 nitrogen and oxygen atoms in total. The molecule has 5 heteroatoms. The van der Waals surface area contributed by atoms with Crippen molar-refractivity contribution in [1.29, 1.82) is 0 Å². The summed E-state index contributed by atoms with van der Waals surface area (Å²) in [6.45, 7) is 9.55. The van der Waals surface area contributed by atoms with Crippen LogP contribution >= 0.6 is 0 Å². The van der Waals surface area contributed by atoms with E-state index in [2.05, 4.69) is 48.7 Å². The molecule has 0 aliphatic heterocycles. The molecule has 0 radical (unpaired) electrons. The Kier molecular flexibility index (Phi) is 4.60. The molecule has 20 heavy (non-hydrogen) atoms. The first kappa shape index (κ1) is 14.8. The standard InChI is InChI=1S/C15H24N4O/c1-11(2)13-10-14-15(16-6-8-19(14)17-13)18(12(3)4)7-5-9-20/h6,8,10-12,20H,5,7,9H2,1-4H3. The van der Waals surface area contributed by atoms with Crippen LogP contribution in [0, 0.1) is 0 Å². The van der Waals surface area contributed by atoms with E-state index in [4.69, 9.17) is 5.11 Å². The number of fused-ring (bicyclic) bond motifs is 1. The molecule has 2 rings (SSSR count). The van der Waals surface area contributed by atoms with Gasteiger partial charge in [0.1, 0.15) is 5.52 Å². The summed E-state index contributed by atoms with van der Waals surface area (Å²) in [5.41, 5.74) is 2.10. The lowest BCUT2D eigenvalue weighted by atomic mass is 10.1. The van der Waals surface area contributed by atoms with Gasteiger partial charge in [-0.15, -0.1) is 0 Å². The Bertz CT molecular complexity index is 562. The molecule has 0 aromatic carbocycles. The fraction of sp³-hybridized carbons (Fsp3) is 0.600. The molecule has 0 aliphatic carbocycles. The number of hydrogen-bond acceptors (Lipinski definition) is 4. The zero-order chi connectivity index (χ0) is 14.7. The molecule has 0 amide bonds. The first-order chi connectivity index (χ1) is 9.54. The first-order valence-corrected chi connectivity index (χ1v) is 7.26. The summed E-state index contributed by atoms with van der Waals surface area (Å²) in [6, 6.07) is 2.44. The van der Waals surface area contributed by atoms with Crippen LogP contribution in [0.15, 0.2) is 18.5 Å². The van der Waals surface area contributed by atoms with Crippen molar-refractivity contribution in [2.75, 3.05) is 18.1 Å². The normalized spacial score (nSPS) is 11.8. The summed E-state index contributed by atoms with van der Waals surface area (Å²) in [5.74, 6) is 1.34. The molecule has 2 aromatic heterocycles. The molecule has 0 spiro atoms. The molecular weight excluding hydrogens is 252 g/mol. The second kappa shape index (κ2) is 6.22. The van der Waals surface area contributed by atoms with Crippen LogP contribution < -0.4 is 4.90 Å². The van der Waals surface area contributed by atoms with Crippen molar-refractivity contribution in [1.82, 2.24) is 14.6 Å². The number of hydrogen-bond donors (Lipinski definition) is 1. The minimum absolute atomic E-state index is 0.197. The highest BCUT2D eigenvalue weighted by atomic mass is 16.3. The molecule has 1 N–H and O–H groups in total. The molecule has 110 valence electrons. The van der Waals surface area contributed by atoms with Crippen molar-refractivity contribution in [3.05, 3.63) is 24.2 Å². The fourth-order valence-corrected chi connectivity index (χ4v) is 2.28. The Balaban J connectivity index is 2.45. The zero-order valence-electron chi connectivity index (χ0n) is 12.7. The van der Waals surface area contributed by atoms with Crippen LogP contribution in [0.4, 0.5) is 5.82 Å². The van der Waals surface area contributed by atoms with Crippen LogP contribution in [0.3, 0.4) is 0 Å². The van der Waals surface area contributed by atoms with Gasteiger partial charge in [0.2, 0.25) is 0 Å². The molecule has 0 aliphatic rings. The highest BCUT2D eigenvalue weighted by Crippen LogP contribution is 2.24. The van der Waals surface area contributed by atoms with E-state index in [0.29, 0.717) is 12.0 Å². The third-order valence-corrected chi connectivity index (χ3v) is 3.43. The summed E-state index contributed by atoms with van der Waals surface area (Å²) >= 11 is 0. The van der Waals surface area contributed by atoms with Gasteiger partial charge in [0.25, 0.3) is 0 Å². The number of aromatic nitrogens is 3. The van der Waals surface area contributed by atoms with Gasteiger partial charge in [0.05, 0.1) is 5.69 Å². The Morgan fingerprint density at radius 1 is 1.30 bits per heavy atom. The maximum absolute atomic E-state index is 9.07. The van der Waals surface area contributed by atoms with Gasteiger partial charge in [-0.2, -0.15) is 5.10 Å². The largest absolute Gasteiger partial charge is 0.396 e. The summed E-state index contributed by atoms with van der Waals surface area (Å²) in [4.78, 5) is 6.76. The second-order valence-electron chi connectivity index (χ2n) is 5.67. The third-order valence-electron chi connectivity index (χ3n) is 3.43. The minimum Gasteiger partial charge on any atom is -0.396 e. The van der Waals surface area contributed by atoms with E-state index >= 15 is 0 Å². The van der Waals surface area contributed by atoms with Gasteiger partial charge in [-0.05, 0) is 32.3 Å². The van der Waals surface area contributed by atoms with Crippen molar-refractivity contribution in [2.45, 2.75) is 46.1 Å². The Morgan fingerprint density at radius 3 is 2.65 bits per heavy atom. The predicted molar refractivity (Wildman–Crippen MR) is 81.3 cm³/mol. The number of rotatable bonds is 6. The second-order valence-corrected chi connectivity index (χ2v) is 5.67. The molecule has 0 fully saturated rings. The van der Waals surface area contributed by atoms with Crippen LogP contribution in [0.2, 0.25) is 0 Å². The number of nitrogens with zero attached hydrogens (tertiary/aromatic N) is 4. The average molecular weight is 276 g/mol. The van der Waals surface area contributed by atoms with Gasteiger partial charge in [-0.1, -0.05) is 13.8 Å². The topological polar surface area (TPSA) is 53.7 Å². The van der Waals surface area contributed by atoms with Gasteiger partial charge in [-0.25, -0.2) is 9.50 Å². The van der Waals surface area contributed by atoms with Crippen molar-refractivity contribution < 1.29 is 5.11 Å². The SMILES string of the molecule is CC(C)c1cc2c(N(CCCO)C(C)C)nccn2n1. The third kappa shape index (κ3) is 2.93. The number of aliphatic hydroxyl groups is 1. The highest BCUT2D eigenvalue weighted by molar-refractivity contribution is 5.69. The Morgan fingerprint density at radius 2 is 2.05 bits per heavy atom. The van der Waals surface area contributed by atoms with Crippen LogP contribution in [-0.2, 0) is 0 Å². The van der Waals surface area contributed by atoms with Crippen molar-refractivity contribution >= 4 is 11.3 Å². The van der Waals surface area contributed by atoms with E-state index in [0.717, 1.165) is 30.0 Å². The van der Waals surface area contributed by atoms with Crippen molar-refractivity contribution in [2.24, 2.45) is 0 Å². The molecule has 0 atom stereocenters. The van der Waals surface area contributed by atoms with Gasteiger partial charge in [0, 0.05) is 31.6 Å². The lowest BCUT2D eigenvalue weighted by Crippen LogP contribution is -2.33. The molecular formula is C15H24N4O. The summed E-state index contributed by atoms with van der Waals surface area (Å²) in [7, 11) is 0. The zero-order valence-corrected chi connectivity index (χ0v) is 12.7. The summed E-state index contributed by atoms with van der Waals surface area (Å²) < 4.78 is 1.89. The monoisotopic (exact) mass is 276 g/mol. The van der Waals surface area contributed by atoms with Gasteiger partial charge in [0.15, 0.2) is 5.82 Å². The summed E-state index contributed by atoms with van der Waals surface area (Å²) in [6.07, 6.45) is 4.41. The minimum atomic E-state index is 0.197. The van der Waals surface area contributed by atoms with Crippen molar-refractivity contribution in [3.8, 4) is 0 Å². The Labute approximate surface area is 120 Å². The maximum atomic E-state index is 9.07. The quantitative estimate of drug-likeness (QED) is 0.880. The molecule has 0 bridgehead atoms. The fourth-order valence-electron chi connectivity index (χ4n) is 2.28. The summed E-state index contributed by atoms with van der Waals surface area (Å²) in [5, 5.41) is 13.7.